The van der Waals surface area contributed by atoms with Crippen molar-refractivity contribution in [2.45, 2.75) is 11.7 Å². The highest BCUT2D eigenvalue weighted by molar-refractivity contribution is 7.83. The summed E-state index contributed by atoms with van der Waals surface area (Å²) in [5.74, 6) is 1.67. The van der Waals surface area contributed by atoms with Crippen molar-refractivity contribution in [2.75, 3.05) is 36.4 Å². The lowest BCUT2D eigenvalue weighted by Gasteiger charge is -2.42. The van der Waals surface area contributed by atoms with Crippen molar-refractivity contribution in [3.05, 3.63) is 73.3 Å². The molecular formula is C26H28BN7S. The molecule has 0 amide bonds. The van der Waals surface area contributed by atoms with Crippen molar-refractivity contribution < 1.29 is 0 Å². The van der Waals surface area contributed by atoms with Crippen LogP contribution >= 0.6 is 12.6 Å². The molecule has 1 aliphatic heterocycles. The van der Waals surface area contributed by atoms with Crippen LogP contribution in [0.2, 0.25) is 0 Å². The standard InChI is InChI=1S/C26H28BN7S/c1-18(19-6-7-28-25(14-19)33-8-10-34(11-9-33)26(2,27)35)31-24-13-22-12-20(4-5-21(22)15-29-24)23-16-30-32(3)17-23/h4-7,12-17,35H,1,8-11H2,2-3H3,(H,29,31). The number of piperazine rings is 1. The van der Waals surface area contributed by atoms with E-state index >= 15 is 0 Å². The first kappa shape index (κ1) is 23.4. The molecule has 1 unspecified atom stereocenters. The number of aromatic nitrogens is 4. The first-order valence-electron chi connectivity index (χ1n) is 11.6. The van der Waals surface area contributed by atoms with E-state index in [-0.39, 0.29) is 0 Å². The van der Waals surface area contributed by atoms with E-state index in [1.54, 1.807) is 0 Å². The van der Waals surface area contributed by atoms with E-state index < -0.39 is 4.77 Å². The summed E-state index contributed by atoms with van der Waals surface area (Å²) in [6.45, 7) is 9.53. The monoisotopic (exact) mass is 481 g/mol. The van der Waals surface area contributed by atoms with Crippen LogP contribution in [0.25, 0.3) is 27.6 Å². The predicted molar refractivity (Wildman–Crippen MR) is 148 cm³/mol. The van der Waals surface area contributed by atoms with Crippen molar-refractivity contribution in [3.63, 3.8) is 0 Å². The topological polar surface area (TPSA) is 62.1 Å². The van der Waals surface area contributed by atoms with Gasteiger partial charge in [0, 0.05) is 78.8 Å². The number of aryl methyl sites for hydroxylation is 1. The molecule has 1 aliphatic rings. The van der Waals surface area contributed by atoms with E-state index in [2.05, 4.69) is 73.7 Å². The molecule has 4 heterocycles. The fraction of sp³-hybridized carbons (Fsp3) is 0.269. The minimum atomic E-state index is -0.606. The molecule has 7 nitrogen and oxygen atoms in total. The summed E-state index contributed by atoms with van der Waals surface area (Å²) in [6.07, 6.45) is 7.58. The Bertz CT molecular complexity index is 1370. The number of hydrogen-bond donors (Lipinski definition) is 2. The lowest BCUT2D eigenvalue weighted by molar-refractivity contribution is 0.227. The summed E-state index contributed by atoms with van der Waals surface area (Å²) in [4.78, 5) is 13.6. The maximum Gasteiger partial charge on any atom is 0.130 e. The van der Waals surface area contributed by atoms with Crippen LogP contribution in [0.3, 0.4) is 0 Å². The molecule has 176 valence electrons. The smallest absolute Gasteiger partial charge is 0.130 e. The van der Waals surface area contributed by atoms with Crippen LogP contribution in [0.1, 0.15) is 12.5 Å². The minimum Gasteiger partial charge on any atom is -0.354 e. The van der Waals surface area contributed by atoms with Gasteiger partial charge in [0.2, 0.25) is 0 Å². The third kappa shape index (κ3) is 5.21. The summed E-state index contributed by atoms with van der Waals surface area (Å²) in [7, 11) is 8.05. The van der Waals surface area contributed by atoms with Gasteiger partial charge in [-0.3, -0.25) is 9.58 Å². The van der Waals surface area contributed by atoms with Gasteiger partial charge in [-0.15, -0.1) is 0 Å². The number of nitrogens with one attached hydrogen (secondary N) is 1. The predicted octanol–water partition coefficient (Wildman–Crippen LogP) is 4.01. The molecule has 1 atom stereocenters. The second-order valence-electron chi connectivity index (χ2n) is 9.11. The van der Waals surface area contributed by atoms with E-state index in [1.165, 1.54) is 0 Å². The normalized spacial score (nSPS) is 16.3. The molecule has 1 fully saturated rings. The maximum absolute atomic E-state index is 6.13. The number of pyridine rings is 2. The van der Waals surface area contributed by atoms with Crippen LogP contribution in [-0.4, -0.2) is 63.4 Å². The molecule has 3 aromatic heterocycles. The molecule has 0 spiro atoms. The highest BCUT2D eigenvalue weighted by Gasteiger charge is 2.26. The van der Waals surface area contributed by atoms with Gasteiger partial charge in [0.25, 0.3) is 0 Å². The average molecular weight is 481 g/mol. The van der Waals surface area contributed by atoms with Gasteiger partial charge in [0.15, 0.2) is 0 Å². The zero-order valence-electron chi connectivity index (χ0n) is 20.0. The van der Waals surface area contributed by atoms with Gasteiger partial charge in [0.05, 0.1) is 6.20 Å². The molecule has 0 bridgehead atoms. The van der Waals surface area contributed by atoms with E-state index in [9.17, 15) is 0 Å². The summed E-state index contributed by atoms with van der Waals surface area (Å²) < 4.78 is 1.20. The largest absolute Gasteiger partial charge is 0.354 e. The van der Waals surface area contributed by atoms with Crippen molar-refractivity contribution >= 4 is 48.6 Å². The lowest BCUT2D eigenvalue weighted by atomic mass is 9.95. The van der Waals surface area contributed by atoms with Gasteiger partial charge >= 0.3 is 0 Å². The molecule has 0 aliphatic carbocycles. The third-order valence-electron chi connectivity index (χ3n) is 6.38. The molecule has 35 heavy (non-hydrogen) atoms. The second kappa shape index (κ2) is 9.39. The zero-order valence-corrected chi connectivity index (χ0v) is 20.9. The summed E-state index contributed by atoms with van der Waals surface area (Å²) in [6, 6.07) is 12.4. The Morgan fingerprint density at radius 3 is 2.54 bits per heavy atom. The summed E-state index contributed by atoms with van der Waals surface area (Å²) >= 11 is 4.49. The molecule has 1 N–H and O–H groups in total. The van der Waals surface area contributed by atoms with Gasteiger partial charge in [-0.1, -0.05) is 18.7 Å². The van der Waals surface area contributed by atoms with Crippen LogP contribution < -0.4 is 10.2 Å². The quantitative estimate of drug-likeness (QED) is 0.321. The van der Waals surface area contributed by atoms with Gasteiger partial charge in [0.1, 0.15) is 19.5 Å². The number of fused-ring (bicyclic) bond motifs is 1. The number of hydrogen-bond acceptors (Lipinski definition) is 7. The molecule has 9 heteroatoms. The first-order chi connectivity index (χ1) is 16.8. The van der Waals surface area contributed by atoms with Crippen molar-refractivity contribution in [1.82, 2.24) is 24.6 Å². The Morgan fingerprint density at radius 1 is 1.03 bits per heavy atom. The minimum absolute atomic E-state index is 0.606. The number of anilines is 2. The Balaban J connectivity index is 1.31. The van der Waals surface area contributed by atoms with E-state index in [0.717, 1.165) is 71.0 Å². The summed E-state index contributed by atoms with van der Waals surface area (Å²) in [5.41, 5.74) is 3.95. The molecule has 1 aromatic carbocycles. The van der Waals surface area contributed by atoms with Crippen LogP contribution in [0.4, 0.5) is 11.6 Å². The van der Waals surface area contributed by atoms with Gasteiger partial charge in [-0.05, 0) is 42.1 Å². The summed E-state index contributed by atoms with van der Waals surface area (Å²) in [5, 5.41) is 9.82. The zero-order chi connectivity index (χ0) is 24.6. The molecule has 2 radical (unpaired) electrons. The Morgan fingerprint density at radius 2 is 1.83 bits per heavy atom. The molecule has 0 saturated carbocycles. The van der Waals surface area contributed by atoms with Gasteiger partial charge in [-0.25, -0.2) is 9.97 Å². The van der Waals surface area contributed by atoms with E-state index in [4.69, 9.17) is 7.85 Å². The second-order valence-corrected chi connectivity index (χ2v) is 10.0. The highest BCUT2D eigenvalue weighted by atomic mass is 32.1. The highest BCUT2D eigenvalue weighted by Crippen LogP contribution is 2.27. The van der Waals surface area contributed by atoms with Gasteiger partial charge in [-0.2, -0.15) is 17.7 Å². The average Bonchev–Trinajstić information content (AvgIpc) is 3.29. The van der Waals surface area contributed by atoms with Crippen molar-refractivity contribution in [2.24, 2.45) is 7.05 Å². The molecule has 4 aromatic rings. The van der Waals surface area contributed by atoms with Crippen molar-refractivity contribution in [1.29, 1.82) is 0 Å². The van der Waals surface area contributed by atoms with E-state index in [0.29, 0.717) is 0 Å². The first-order valence-corrected chi connectivity index (χ1v) is 12.0. The van der Waals surface area contributed by atoms with Crippen molar-refractivity contribution in [3.8, 4) is 11.1 Å². The lowest BCUT2D eigenvalue weighted by Crippen LogP contribution is -2.54. The number of rotatable bonds is 6. The third-order valence-corrected chi connectivity index (χ3v) is 6.66. The van der Waals surface area contributed by atoms with Crippen LogP contribution in [0, 0.1) is 0 Å². The molecular weight excluding hydrogens is 453 g/mol. The molecule has 5 rings (SSSR count). The van der Waals surface area contributed by atoms with E-state index in [1.807, 2.05) is 55.6 Å². The SMILES string of the molecule is [B]C(C)(S)N1CCN(c2cc(C(=C)Nc3cc4cc(-c5cnn(C)c5)ccc4cn3)ccn2)CC1. The number of benzene rings is 1. The fourth-order valence-corrected chi connectivity index (χ4v) is 4.55. The Kier molecular flexibility index (Phi) is 6.29. The maximum atomic E-state index is 6.13. The number of thiol groups is 1. The molecule has 1 saturated heterocycles. The van der Waals surface area contributed by atoms with Crippen LogP contribution in [-0.2, 0) is 7.05 Å². The fourth-order valence-electron chi connectivity index (χ4n) is 4.35. The van der Waals surface area contributed by atoms with Crippen LogP contribution in [0.15, 0.2) is 67.8 Å². The number of nitrogens with zero attached hydrogens (tertiary/aromatic N) is 6. The van der Waals surface area contributed by atoms with Crippen LogP contribution in [0.5, 0.6) is 0 Å². The Hall–Kier alpha value is -3.30. The Labute approximate surface area is 212 Å². The van der Waals surface area contributed by atoms with Gasteiger partial charge < -0.3 is 10.2 Å².